The first-order valence-corrected chi connectivity index (χ1v) is 8.56. The topological polar surface area (TPSA) is 88.6 Å². The lowest BCUT2D eigenvalue weighted by Gasteiger charge is -2.25. The van der Waals surface area contributed by atoms with Crippen LogP contribution in [0.1, 0.15) is 13.3 Å². The highest BCUT2D eigenvalue weighted by molar-refractivity contribution is 7.91. The number of hydrogen-bond donors (Lipinski definition) is 1. The summed E-state index contributed by atoms with van der Waals surface area (Å²) in [5, 5.41) is 2.50. The summed E-state index contributed by atoms with van der Waals surface area (Å²) in [6.07, 6.45) is 1.68. The quantitative estimate of drug-likeness (QED) is 0.900. The van der Waals surface area contributed by atoms with Crippen LogP contribution >= 0.6 is 0 Å². The Morgan fingerprint density at radius 3 is 2.81 bits per heavy atom. The molecule has 8 heteroatoms. The van der Waals surface area contributed by atoms with Crippen molar-refractivity contribution < 1.29 is 17.9 Å². The Kier molecular flexibility index (Phi) is 4.66. The molecular formula is C13H19N3O4S. The van der Waals surface area contributed by atoms with Gasteiger partial charge in [-0.15, -0.1) is 0 Å². The molecule has 1 atom stereocenters. The summed E-state index contributed by atoms with van der Waals surface area (Å²) in [6, 6.07) is 3.42. The average Bonchev–Trinajstić information content (AvgIpc) is 2.79. The highest BCUT2D eigenvalue weighted by atomic mass is 32.2. The van der Waals surface area contributed by atoms with E-state index in [9.17, 15) is 13.2 Å². The molecule has 0 spiro atoms. The van der Waals surface area contributed by atoms with Crippen molar-refractivity contribution in [3.8, 4) is 0 Å². The van der Waals surface area contributed by atoms with E-state index in [-0.39, 0.29) is 17.5 Å². The van der Waals surface area contributed by atoms with E-state index < -0.39 is 15.9 Å². The average molecular weight is 313 g/mol. The van der Waals surface area contributed by atoms with Crippen molar-refractivity contribution in [3.05, 3.63) is 18.3 Å². The summed E-state index contributed by atoms with van der Waals surface area (Å²) in [6.45, 7) is 2.02. The van der Waals surface area contributed by atoms with Crippen LogP contribution in [0, 0.1) is 0 Å². The fraction of sp³-hybridized carbons (Fsp3) is 0.538. The van der Waals surface area contributed by atoms with Crippen molar-refractivity contribution >= 4 is 27.4 Å². The number of anilines is 2. The van der Waals surface area contributed by atoms with Crippen molar-refractivity contribution in [2.24, 2.45) is 0 Å². The number of sulfone groups is 1. The van der Waals surface area contributed by atoms with Crippen LogP contribution in [-0.2, 0) is 14.6 Å². The van der Waals surface area contributed by atoms with Gasteiger partial charge in [0, 0.05) is 13.1 Å². The molecule has 1 saturated heterocycles. The number of nitrogens with zero attached hydrogens (tertiary/aromatic N) is 2. The Morgan fingerprint density at radius 1 is 1.52 bits per heavy atom. The van der Waals surface area contributed by atoms with Crippen molar-refractivity contribution in [3.63, 3.8) is 0 Å². The molecule has 0 saturated carbocycles. The zero-order valence-corrected chi connectivity index (χ0v) is 12.9. The summed E-state index contributed by atoms with van der Waals surface area (Å²) in [5.74, 6) is 0.800. The van der Waals surface area contributed by atoms with E-state index in [4.69, 9.17) is 4.74 Å². The van der Waals surface area contributed by atoms with Gasteiger partial charge in [-0.2, -0.15) is 0 Å². The Balaban J connectivity index is 2.00. The van der Waals surface area contributed by atoms with Crippen LogP contribution in [0.15, 0.2) is 18.3 Å². The molecule has 1 fully saturated rings. The van der Waals surface area contributed by atoms with Crippen molar-refractivity contribution in [2.75, 3.05) is 35.4 Å². The summed E-state index contributed by atoms with van der Waals surface area (Å²) in [7, 11) is -1.07. The van der Waals surface area contributed by atoms with Crippen LogP contribution in [0.5, 0.6) is 0 Å². The van der Waals surface area contributed by atoms with Crippen LogP contribution in [-0.4, -0.2) is 50.7 Å². The second-order valence-corrected chi connectivity index (χ2v) is 7.14. The highest BCUT2D eigenvalue weighted by Crippen LogP contribution is 2.23. The number of hydrogen-bond acceptors (Lipinski definition) is 6. The number of carbonyl (C=O) groups is 1. The molecule has 0 aliphatic carbocycles. The van der Waals surface area contributed by atoms with Gasteiger partial charge < -0.3 is 9.64 Å². The lowest BCUT2D eigenvalue weighted by atomic mass is 10.2. The maximum Gasteiger partial charge on any atom is 0.412 e. The standard InChI is InChI=1S/C13H19N3O4S/c1-3-20-13(17)15-12-5-4-10(8-14-12)16(2)11-6-7-21(18,19)9-11/h4-5,8,11H,3,6-7,9H2,1-2H3,(H,14,15,17). The van der Waals surface area contributed by atoms with Crippen LogP contribution in [0.3, 0.4) is 0 Å². The number of carbonyl (C=O) groups excluding carboxylic acids is 1. The zero-order chi connectivity index (χ0) is 15.5. The van der Waals surface area contributed by atoms with Crippen LogP contribution in [0.4, 0.5) is 16.3 Å². The number of amides is 1. The Morgan fingerprint density at radius 2 is 2.29 bits per heavy atom. The van der Waals surface area contributed by atoms with Crippen molar-refractivity contribution in [1.29, 1.82) is 0 Å². The SMILES string of the molecule is CCOC(=O)Nc1ccc(N(C)C2CCS(=O)(=O)C2)cn1. The monoisotopic (exact) mass is 313 g/mol. The Hall–Kier alpha value is -1.83. The molecule has 0 aromatic carbocycles. The van der Waals surface area contributed by atoms with E-state index >= 15 is 0 Å². The van der Waals surface area contributed by atoms with Gasteiger partial charge in [-0.3, -0.25) is 5.32 Å². The molecule has 1 aliphatic heterocycles. The first-order valence-electron chi connectivity index (χ1n) is 6.74. The van der Waals surface area contributed by atoms with Gasteiger partial charge in [-0.1, -0.05) is 0 Å². The molecule has 7 nitrogen and oxygen atoms in total. The number of pyridine rings is 1. The lowest BCUT2D eigenvalue weighted by molar-refractivity contribution is 0.168. The first-order chi connectivity index (χ1) is 9.91. The predicted molar refractivity (Wildman–Crippen MR) is 80.3 cm³/mol. The van der Waals surface area contributed by atoms with E-state index in [1.54, 1.807) is 25.3 Å². The van der Waals surface area contributed by atoms with Crippen LogP contribution in [0.2, 0.25) is 0 Å². The van der Waals surface area contributed by atoms with Crippen molar-refractivity contribution in [2.45, 2.75) is 19.4 Å². The summed E-state index contributed by atoms with van der Waals surface area (Å²) in [4.78, 5) is 17.3. The normalized spacial score (nSPS) is 20.0. The van der Waals surface area contributed by atoms with Gasteiger partial charge in [0.15, 0.2) is 9.84 Å². The minimum absolute atomic E-state index is 0.0272. The lowest BCUT2D eigenvalue weighted by Crippen LogP contribution is -2.32. The second-order valence-electron chi connectivity index (χ2n) is 4.91. The van der Waals surface area contributed by atoms with E-state index in [0.717, 1.165) is 5.69 Å². The smallest absolute Gasteiger partial charge is 0.412 e. The molecule has 1 aliphatic rings. The van der Waals surface area contributed by atoms with Gasteiger partial charge in [0.05, 0.1) is 30.0 Å². The minimum atomic E-state index is -2.91. The van der Waals surface area contributed by atoms with Gasteiger partial charge in [-0.25, -0.2) is 18.2 Å². The van der Waals surface area contributed by atoms with Gasteiger partial charge >= 0.3 is 6.09 Å². The molecule has 0 bridgehead atoms. The van der Waals surface area contributed by atoms with Gasteiger partial charge in [0.2, 0.25) is 0 Å². The summed E-state index contributed by atoms with van der Waals surface area (Å²) < 4.78 is 27.8. The minimum Gasteiger partial charge on any atom is -0.450 e. The molecule has 1 aromatic heterocycles. The third kappa shape index (κ3) is 4.07. The molecule has 0 radical (unpaired) electrons. The Bertz CT molecular complexity index is 600. The first kappa shape index (κ1) is 15.6. The molecule has 1 amide bonds. The van der Waals surface area contributed by atoms with Gasteiger partial charge in [0.1, 0.15) is 5.82 Å². The fourth-order valence-corrected chi connectivity index (χ4v) is 4.01. The molecule has 116 valence electrons. The number of ether oxygens (including phenoxy) is 1. The van der Waals surface area contributed by atoms with E-state index in [2.05, 4.69) is 10.3 Å². The number of aromatic nitrogens is 1. The highest BCUT2D eigenvalue weighted by Gasteiger charge is 2.30. The second kappa shape index (κ2) is 6.30. The predicted octanol–water partition coefficient (Wildman–Crippen LogP) is 1.27. The molecular weight excluding hydrogens is 294 g/mol. The molecule has 21 heavy (non-hydrogen) atoms. The third-order valence-electron chi connectivity index (χ3n) is 3.42. The van der Waals surface area contributed by atoms with Gasteiger partial charge in [-0.05, 0) is 25.5 Å². The molecule has 1 aromatic rings. The molecule has 2 rings (SSSR count). The Labute approximate surface area is 124 Å². The van der Waals surface area contributed by atoms with Gasteiger partial charge in [0.25, 0.3) is 0 Å². The van der Waals surface area contributed by atoms with E-state index in [1.165, 1.54) is 0 Å². The van der Waals surface area contributed by atoms with Crippen molar-refractivity contribution in [1.82, 2.24) is 4.98 Å². The largest absolute Gasteiger partial charge is 0.450 e. The maximum atomic E-state index is 11.5. The third-order valence-corrected chi connectivity index (χ3v) is 5.17. The number of rotatable bonds is 4. The number of nitrogens with one attached hydrogen (secondary N) is 1. The van der Waals surface area contributed by atoms with E-state index in [0.29, 0.717) is 18.8 Å². The summed E-state index contributed by atoms with van der Waals surface area (Å²) >= 11 is 0. The molecule has 1 N–H and O–H groups in total. The van der Waals surface area contributed by atoms with Crippen LogP contribution < -0.4 is 10.2 Å². The summed E-state index contributed by atoms with van der Waals surface area (Å²) in [5.41, 5.74) is 0.812. The zero-order valence-electron chi connectivity index (χ0n) is 12.1. The molecule has 2 heterocycles. The fourth-order valence-electron chi connectivity index (χ4n) is 2.23. The molecule has 1 unspecified atom stereocenters. The maximum absolute atomic E-state index is 11.5. The van der Waals surface area contributed by atoms with E-state index in [1.807, 2.05) is 11.9 Å². The van der Waals surface area contributed by atoms with Crippen LogP contribution in [0.25, 0.3) is 0 Å².